The van der Waals surface area contributed by atoms with Crippen molar-refractivity contribution in [3.63, 3.8) is 0 Å². The minimum absolute atomic E-state index is 0.285. The molecule has 3 rings (SSSR count). The molecule has 31 heavy (non-hydrogen) atoms. The molecule has 0 atom stereocenters. The molecule has 9 nitrogen and oxygen atoms in total. The maximum absolute atomic E-state index is 13.0. The second kappa shape index (κ2) is 9.21. The number of ether oxygens (including phenoxy) is 2. The summed E-state index contributed by atoms with van der Waals surface area (Å²) in [4.78, 5) is 50.6. The van der Waals surface area contributed by atoms with Crippen molar-refractivity contribution in [2.24, 2.45) is 0 Å². The van der Waals surface area contributed by atoms with Crippen LogP contribution in [0.2, 0.25) is 0 Å². The summed E-state index contributed by atoms with van der Waals surface area (Å²) < 4.78 is 11.5. The van der Waals surface area contributed by atoms with E-state index in [0.29, 0.717) is 22.6 Å². The van der Waals surface area contributed by atoms with Crippen LogP contribution in [0.25, 0.3) is 5.69 Å². The van der Waals surface area contributed by atoms with E-state index < -0.39 is 35.2 Å². The lowest BCUT2D eigenvalue weighted by Gasteiger charge is -2.11. The molecule has 0 radical (unpaired) electrons. The van der Waals surface area contributed by atoms with E-state index in [9.17, 15) is 19.2 Å². The van der Waals surface area contributed by atoms with E-state index in [1.165, 1.54) is 0 Å². The molecule has 0 aliphatic carbocycles. The van der Waals surface area contributed by atoms with Crippen molar-refractivity contribution in [2.45, 2.75) is 20.4 Å². The number of methoxy groups -OCH3 is 1. The summed E-state index contributed by atoms with van der Waals surface area (Å²) in [6.45, 7) is 3.63. The number of esters is 1. The Morgan fingerprint density at radius 1 is 1.00 bits per heavy atom. The molecule has 0 unspecified atom stereocenters. The van der Waals surface area contributed by atoms with Crippen LogP contribution in [0.1, 0.15) is 33.3 Å². The molecule has 0 aliphatic heterocycles. The summed E-state index contributed by atoms with van der Waals surface area (Å²) >= 11 is 0. The molecule has 0 aliphatic rings. The normalized spacial score (nSPS) is 10.5. The smallest absolute Gasteiger partial charge is 0.364 e. The Bertz CT molecular complexity index is 1220. The van der Waals surface area contributed by atoms with Crippen LogP contribution in [-0.2, 0) is 11.3 Å². The van der Waals surface area contributed by atoms with Gasteiger partial charge in [0.1, 0.15) is 5.75 Å². The lowest BCUT2D eigenvalue weighted by Crippen LogP contribution is -2.45. The molecule has 160 valence electrons. The van der Waals surface area contributed by atoms with E-state index in [-0.39, 0.29) is 5.56 Å². The summed E-state index contributed by atoms with van der Waals surface area (Å²) in [6.07, 6.45) is 0. The van der Waals surface area contributed by atoms with E-state index in [4.69, 9.17) is 4.74 Å². The first-order valence-electron chi connectivity index (χ1n) is 9.51. The fraction of sp³-hybridized carbons (Fsp3) is 0.227. The Kier molecular flexibility index (Phi) is 6.44. The molecule has 0 fully saturated rings. The molecule has 9 heteroatoms. The molecule has 0 spiro atoms. The fourth-order valence-corrected chi connectivity index (χ4v) is 2.87. The first-order valence-corrected chi connectivity index (χ1v) is 9.51. The van der Waals surface area contributed by atoms with Crippen molar-refractivity contribution in [3.8, 4) is 11.4 Å². The number of aryl methyl sites for hydroxylation is 1. The van der Waals surface area contributed by atoms with Crippen molar-refractivity contribution in [1.82, 2.24) is 14.3 Å². The van der Waals surface area contributed by atoms with Crippen LogP contribution in [0.4, 0.5) is 0 Å². The summed E-state index contributed by atoms with van der Waals surface area (Å²) in [6, 6.07) is 13.1. The van der Waals surface area contributed by atoms with Gasteiger partial charge in [0, 0.05) is 5.56 Å². The average molecular weight is 423 g/mol. The highest BCUT2D eigenvalue weighted by Gasteiger charge is 2.22. The number of hydrogen-bond acceptors (Lipinski definition) is 7. The summed E-state index contributed by atoms with van der Waals surface area (Å²) in [5, 5.41) is 3.88. The van der Waals surface area contributed by atoms with Crippen molar-refractivity contribution < 1.29 is 19.1 Å². The number of carbonyl (C=O) groups is 2. The van der Waals surface area contributed by atoms with Gasteiger partial charge in [-0.15, -0.1) is 0 Å². The highest BCUT2D eigenvalue weighted by molar-refractivity contribution is 5.96. The Hall–Kier alpha value is -4.01. The van der Waals surface area contributed by atoms with Gasteiger partial charge in [0.2, 0.25) is 5.69 Å². The second-order valence-electron chi connectivity index (χ2n) is 6.64. The highest BCUT2D eigenvalue weighted by Crippen LogP contribution is 2.13. The van der Waals surface area contributed by atoms with Gasteiger partial charge in [0.25, 0.3) is 5.56 Å². The van der Waals surface area contributed by atoms with Crippen LogP contribution >= 0.6 is 0 Å². The number of aromatic nitrogens is 3. The molecule has 0 bridgehead atoms. The zero-order valence-electron chi connectivity index (χ0n) is 17.3. The van der Waals surface area contributed by atoms with Gasteiger partial charge in [-0.25, -0.2) is 14.2 Å². The molecular weight excluding hydrogens is 402 g/mol. The summed E-state index contributed by atoms with van der Waals surface area (Å²) in [7, 11) is 1.10. The number of hydrogen-bond donors (Lipinski definition) is 0. The maximum Gasteiger partial charge on any atom is 0.364 e. The van der Waals surface area contributed by atoms with E-state index in [1.54, 1.807) is 48.5 Å². The predicted octanol–water partition coefficient (Wildman–Crippen LogP) is 1.77. The largest absolute Gasteiger partial charge is 0.494 e. The average Bonchev–Trinajstić information content (AvgIpc) is 2.77. The van der Waals surface area contributed by atoms with Crippen molar-refractivity contribution in [1.29, 1.82) is 0 Å². The number of rotatable bonds is 7. The number of nitrogens with zero attached hydrogens (tertiary/aromatic N) is 3. The van der Waals surface area contributed by atoms with Crippen molar-refractivity contribution >= 4 is 11.8 Å². The van der Waals surface area contributed by atoms with E-state index >= 15 is 0 Å². The third-order valence-corrected chi connectivity index (χ3v) is 4.51. The number of carbonyl (C=O) groups excluding carboxylic acids is 2. The number of benzene rings is 2. The molecule has 0 saturated heterocycles. The van der Waals surface area contributed by atoms with Gasteiger partial charge in [-0.1, -0.05) is 17.7 Å². The molecule has 1 heterocycles. The molecule has 0 saturated carbocycles. The van der Waals surface area contributed by atoms with Gasteiger partial charge >= 0.3 is 11.7 Å². The maximum atomic E-state index is 13.0. The van der Waals surface area contributed by atoms with Gasteiger partial charge in [-0.3, -0.25) is 9.59 Å². The van der Waals surface area contributed by atoms with E-state index in [1.807, 2.05) is 13.8 Å². The summed E-state index contributed by atoms with van der Waals surface area (Å²) in [5.74, 6) is -0.900. The first-order chi connectivity index (χ1) is 14.8. The molecule has 1 aromatic heterocycles. The Labute approximate surface area is 177 Å². The van der Waals surface area contributed by atoms with Crippen LogP contribution in [0.5, 0.6) is 5.75 Å². The van der Waals surface area contributed by atoms with Crippen LogP contribution in [0.15, 0.2) is 58.1 Å². The van der Waals surface area contributed by atoms with Gasteiger partial charge in [0.05, 0.1) is 25.9 Å². The topological polar surface area (TPSA) is 109 Å². The van der Waals surface area contributed by atoms with Crippen molar-refractivity contribution in [3.05, 3.63) is 86.2 Å². The lowest BCUT2D eigenvalue weighted by molar-refractivity contribution is 0.0587. The van der Waals surface area contributed by atoms with Crippen LogP contribution in [0.3, 0.4) is 0 Å². The Morgan fingerprint density at radius 3 is 2.23 bits per heavy atom. The van der Waals surface area contributed by atoms with Crippen LogP contribution < -0.4 is 16.0 Å². The highest BCUT2D eigenvalue weighted by atomic mass is 16.5. The van der Waals surface area contributed by atoms with Crippen molar-refractivity contribution in [2.75, 3.05) is 13.7 Å². The second-order valence-corrected chi connectivity index (χ2v) is 6.64. The monoisotopic (exact) mass is 423 g/mol. The number of Topliss-reactive ketones (excluding diaryl/α,β-unsaturated/α-hetero) is 1. The number of ketones is 1. The Morgan fingerprint density at radius 2 is 1.65 bits per heavy atom. The molecule has 0 N–H and O–H groups in total. The standard InChI is InChI=1S/C22H21N3O6/c1-4-31-17-11-7-15(8-12-17)18(26)13-24-20(27)19(21(28)30-3)23-25(22(24)29)16-9-5-14(2)6-10-16/h5-12H,4,13H2,1-3H3. The molecular formula is C22H21N3O6. The molecule has 2 aromatic carbocycles. The van der Waals surface area contributed by atoms with Gasteiger partial charge < -0.3 is 9.47 Å². The van der Waals surface area contributed by atoms with E-state index in [2.05, 4.69) is 9.84 Å². The predicted molar refractivity (Wildman–Crippen MR) is 112 cm³/mol. The van der Waals surface area contributed by atoms with Gasteiger partial charge in [0.15, 0.2) is 5.78 Å². The van der Waals surface area contributed by atoms with Gasteiger partial charge in [-0.2, -0.15) is 9.78 Å². The van der Waals surface area contributed by atoms with Crippen LogP contribution in [-0.4, -0.2) is 39.8 Å². The molecule has 0 amide bonds. The zero-order valence-corrected chi connectivity index (χ0v) is 17.3. The minimum atomic E-state index is -1.01. The lowest BCUT2D eigenvalue weighted by atomic mass is 10.1. The van der Waals surface area contributed by atoms with Gasteiger partial charge in [-0.05, 0) is 50.2 Å². The fourth-order valence-electron chi connectivity index (χ4n) is 2.87. The molecule has 3 aromatic rings. The summed E-state index contributed by atoms with van der Waals surface area (Å²) in [5.41, 5.74) is -0.873. The zero-order chi connectivity index (χ0) is 22.5. The minimum Gasteiger partial charge on any atom is -0.494 e. The van der Waals surface area contributed by atoms with E-state index in [0.717, 1.165) is 17.4 Å². The Balaban J connectivity index is 2.07. The van der Waals surface area contributed by atoms with Crippen LogP contribution in [0, 0.1) is 6.92 Å². The third kappa shape index (κ3) is 4.61. The third-order valence-electron chi connectivity index (χ3n) is 4.51. The SMILES string of the molecule is CCOc1ccc(C(=O)Cn2c(=O)c(C(=O)OC)nn(-c3ccc(C)cc3)c2=O)cc1. The first kappa shape index (κ1) is 21.7. The quantitative estimate of drug-likeness (QED) is 0.421.